The van der Waals surface area contributed by atoms with Crippen molar-refractivity contribution >= 4 is 11.7 Å². The number of anilines is 1. The first kappa shape index (κ1) is 12.8. The van der Waals surface area contributed by atoms with Crippen LogP contribution in [-0.2, 0) is 4.74 Å². The van der Waals surface area contributed by atoms with E-state index in [4.69, 9.17) is 10.6 Å². The first-order valence-corrected chi connectivity index (χ1v) is 6.01. The minimum Gasteiger partial charge on any atom is -0.376 e. The number of aromatic nitrogens is 1. The largest absolute Gasteiger partial charge is 0.376 e. The highest BCUT2D eigenvalue weighted by atomic mass is 16.5. The summed E-state index contributed by atoms with van der Waals surface area (Å²) < 4.78 is 5.51. The number of nitrogens with two attached hydrogens (primary N) is 1. The Balaban J connectivity index is 2.00. The molecule has 1 saturated heterocycles. The fourth-order valence-electron chi connectivity index (χ4n) is 2.01. The van der Waals surface area contributed by atoms with Gasteiger partial charge in [-0.1, -0.05) is 6.07 Å². The molecular formula is C12H18N4O2. The van der Waals surface area contributed by atoms with Gasteiger partial charge in [-0.15, -0.1) is 0 Å². The number of carbonyl (C=O) groups excluding carboxylic acids is 1. The van der Waals surface area contributed by atoms with Crippen molar-refractivity contribution in [2.45, 2.75) is 18.9 Å². The molecule has 6 nitrogen and oxygen atoms in total. The van der Waals surface area contributed by atoms with Gasteiger partial charge < -0.3 is 15.1 Å². The third-order valence-electron chi connectivity index (χ3n) is 2.96. The highest BCUT2D eigenvalue weighted by molar-refractivity contribution is 5.92. The number of nitrogens with one attached hydrogen (secondary N) is 1. The average molecular weight is 250 g/mol. The number of ether oxygens (including phenoxy) is 1. The van der Waals surface area contributed by atoms with Gasteiger partial charge in [-0.05, 0) is 25.0 Å². The van der Waals surface area contributed by atoms with Gasteiger partial charge in [-0.25, -0.2) is 10.8 Å². The lowest BCUT2D eigenvalue weighted by molar-refractivity contribution is 0.0583. The lowest BCUT2D eigenvalue weighted by atomic mass is 10.2. The molecule has 1 fully saturated rings. The van der Waals surface area contributed by atoms with Crippen molar-refractivity contribution in [3.8, 4) is 0 Å². The van der Waals surface area contributed by atoms with E-state index < -0.39 is 0 Å². The third kappa shape index (κ3) is 2.96. The molecule has 1 unspecified atom stereocenters. The van der Waals surface area contributed by atoms with Crippen LogP contribution in [-0.4, -0.2) is 42.1 Å². The summed E-state index contributed by atoms with van der Waals surface area (Å²) in [5.41, 5.74) is 2.81. The van der Waals surface area contributed by atoms with Crippen molar-refractivity contribution in [3.05, 3.63) is 23.9 Å². The van der Waals surface area contributed by atoms with Crippen molar-refractivity contribution in [2.24, 2.45) is 5.84 Å². The van der Waals surface area contributed by atoms with E-state index in [2.05, 4.69) is 10.4 Å². The van der Waals surface area contributed by atoms with Crippen LogP contribution in [0.15, 0.2) is 18.2 Å². The maximum atomic E-state index is 12.1. The van der Waals surface area contributed by atoms with Crippen molar-refractivity contribution in [3.63, 3.8) is 0 Å². The van der Waals surface area contributed by atoms with Gasteiger partial charge in [0.15, 0.2) is 0 Å². The van der Waals surface area contributed by atoms with E-state index in [0.29, 0.717) is 18.1 Å². The first-order chi connectivity index (χ1) is 8.70. The van der Waals surface area contributed by atoms with Crippen LogP contribution in [0.1, 0.15) is 23.3 Å². The summed E-state index contributed by atoms with van der Waals surface area (Å²) in [6.07, 6.45) is 2.22. The molecule has 18 heavy (non-hydrogen) atoms. The fraction of sp³-hybridized carbons (Fsp3) is 0.500. The van der Waals surface area contributed by atoms with E-state index in [1.54, 1.807) is 30.1 Å². The number of nitrogen functional groups attached to an aromatic ring is 1. The molecule has 0 aromatic carbocycles. The van der Waals surface area contributed by atoms with E-state index in [1.165, 1.54) is 0 Å². The number of carbonyl (C=O) groups is 1. The Morgan fingerprint density at radius 3 is 3.17 bits per heavy atom. The predicted octanol–water partition coefficient (Wildman–Crippen LogP) is 0.618. The molecule has 0 aliphatic carbocycles. The van der Waals surface area contributed by atoms with Gasteiger partial charge in [0.1, 0.15) is 11.5 Å². The number of rotatable bonds is 4. The smallest absolute Gasteiger partial charge is 0.272 e. The second kappa shape index (κ2) is 5.79. The molecule has 1 atom stereocenters. The first-order valence-electron chi connectivity index (χ1n) is 6.01. The number of likely N-dealkylation sites (N-methyl/N-ethyl adjacent to an activating group) is 1. The molecule has 1 amide bonds. The van der Waals surface area contributed by atoms with E-state index >= 15 is 0 Å². The Bertz CT molecular complexity index is 418. The minimum atomic E-state index is -0.123. The molecule has 6 heteroatoms. The van der Waals surface area contributed by atoms with Crippen LogP contribution in [0.3, 0.4) is 0 Å². The SMILES string of the molecule is CN(CC1CCCO1)C(=O)c1cccc(NN)n1. The standard InChI is InChI=1S/C12H18N4O2/c1-16(8-9-4-3-7-18-9)12(17)10-5-2-6-11(14-10)15-13/h2,5-6,9H,3-4,7-8,13H2,1H3,(H,14,15). The molecule has 0 bridgehead atoms. The summed E-state index contributed by atoms with van der Waals surface area (Å²) >= 11 is 0. The molecule has 1 aliphatic heterocycles. The molecule has 0 radical (unpaired) electrons. The van der Waals surface area contributed by atoms with Gasteiger partial charge in [-0.2, -0.15) is 0 Å². The molecule has 98 valence electrons. The van der Waals surface area contributed by atoms with E-state index in [0.717, 1.165) is 19.4 Å². The topological polar surface area (TPSA) is 80.5 Å². The van der Waals surface area contributed by atoms with Crippen molar-refractivity contribution in [1.82, 2.24) is 9.88 Å². The zero-order chi connectivity index (χ0) is 13.0. The summed E-state index contributed by atoms with van der Waals surface area (Å²) in [5, 5.41) is 0. The van der Waals surface area contributed by atoms with Gasteiger partial charge in [0.2, 0.25) is 0 Å². The minimum absolute atomic E-state index is 0.123. The summed E-state index contributed by atoms with van der Waals surface area (Å²) in [7, 11) is 1.76. The van der Waals surface area contributed by atoms with Crippen molar-refractivity contribution < 1.29 is 9.53 Å². The summed E-state index contributed by atoms with van der Waals surface area (Å²) in [6, 6.07) is 5.13. The maximum absolute atomic E-state index is 12.1. The number of nitrogens with zero attached hydrogens (tertiary/aromatic N) is 2. The average Bonchev–Trinajstić information content (AvgIpc) is 2.90. The molecule has 0 saturated carbocycles. The zero-order valence-corrected chi connectivity index (χ0v) is 10.4. The van der Waals surface area contributed by atoms with Crippen LogP contribution >= 0.6 is 0 Å². The quantitative estimate of drug-likeness (QED) is 0.605. The van der Waals surface area contributed by atoms with Gasteiger partial charge in [-0.3, -0.25) is 4.79 Å². The Labute approximate surface area is 106 Å². The molecular weight excluding hydrogens is 232 g/mol. The van der Waals surface area contributed by atoms with E-state index in [1.807, 2.05) is 0 Å². The molecule has 3 N–H and O–H groups in total. The van der Waals surface area contributed by atoms with Crippen LogP contribution in [0.2, 0.25) is 0 Å². The summed E-state index contributed by atoms with van der Waals surface area (Å²) in [5.74, 6) is 5.63. The summed E-state index contributed by atoms with van der Waals surface area (Å²) in [4.78, 5) is 17.9. The molecule has 2 rings (SSSR count). The van der Waals surface area contributed by atoms with Crippen molar-refractivity contribution in [1.29, 1.82) is 0 Å². The van der Waals surface area contributed by atoms with E-state index in [-0.39, 0.29) is 12.0 Å². The number of hydrogen-bond donors (Lipinski definition) is 2. The fourth-order valence-corrected chi connectivity index (χ4v) is 2.01. The van der Waals surface area contributed by atoms with Crippen LogP contribution in [0, 0.1) is 0 Å². The number of amides is 1. The van der Waals surface area contributed by atoms with Crippen LogP contribution in [0.5, 0.6) is 0 Å². The predicted molar refractivity (Wildman–Crippen MR) is 68.0 cm³/mol. The van der Waals surface area contributed by atoms with E-state index in [9.17, 15) is 4.79 Å². The number of hydrazine groups is 1. The molecule has 1 aliphatic rings. The zero-order valence-electron chi connectivity index (χ0n) is 10.4. The molecule has 0 spiro atoms. The Hall–Kier alpha value is -1.66. The van der Waals surface area contributed by atoms with Gasteiger partial charge in [0.25, 0.3) is 5.91 Å². The second-order valence-corrected chi connectivity index (χ2v) is 4.37. The lowest BCUT2D eigenvalue weighted by Crippen LogP contribution is -2.34. The lowest BCUT2D eigenvalue weighted by Gasteiger charge is -2.20. The van der Waals surface area contributed by atoms with Crippen molar-refractivity contribution in [2.75, 3.05) is 25.6 Å². The van der Waals surface area contributed by atoms with Crippen LogP contribution in [0.4, 0.5) is 5.82 Å². The Kier molecular flexibility index (Phi) is 4.11. The highest BCUT2D eigenvalue weighted by Crippen LogP contribution is 2.14. The molecule has 1 aromatic rings. The van der Waals surface area contributed by atoms with Crippen LogP contribution < -0.4 is 11.3 Å². The highest BCUT2D eigenvalue weighted by Gasteiger charge is 2.21. The normalized spacial score (nSPS) is 18.7. The number of pyridine rings is 1. The number of hydrogen-bond acceptors (Lipinski definition) is 5. The second-order valence-electron chi connectivity index (χ2n) is 4.37. The monoisotopic (exact) mass is 250 g/mol. The third-order valence-corrected chi connectivity index (χ3v) is 2.96. The van der Waals surface area contributed by atoms with Crippen LogP contribution in [0.25, 0.3) is 0 Å². The molecule has 2 heterocycles. The van der Waals surface area contributed by atoms with Gasteiger partial charge in [0, 0.05) is 20.2 Å². The Morgan fingerprint density at radius 1 is 1.67 bits per heavy atom. The summed E-state index contributed by atoms with van der Waals surface area (Å²) in [6.45, 7) is 1.39. The molecule has 1 aromatic heterocycles. The van der Waals surface area contributed by atoms with Gasteiger partial charge >= 0.3 is 0 Å². The van der Waals surface area contributed by atoms with Gasteiger partial charge in [0.05, 0.1) is 6.10 Å². The Morgan fingerprint density at radius 2 is 2.50 bits per heavy atom. The maximum Gasteiger partial charge on any atom is 0.272 e.